The molecule has 3 nitrogen and oxygen atoms in total. The second-order valence-electron chi connectivity index (χ2n) is 0.678. The van der Waals surface area contributed by atoms with Gasteiger partial charge in [0.2, 0.25) is 0 Å². The van der Waals surface area contributed by atoms with E-state index in [0.29, 0.717) is 0 Å². The van der Waals surface area contributed by atoms with E-state index < -0.39 is 11.4 Å². The molecule has 0 radical (unpaired) electrons. The number of halogens is 1. The van der Waals surface area contributed by atoms with Crippen molar-refractivity contribution in [2.45, 2.75) is 0 Å². The zero-order chi connectivity index (χ0) is 6.99. The first-order valence-corrected chi connectivity index (χ1v) is 3.99. The summed E-state index contributed by atoms with van der Waals surface area (Å²) in [6.45, 7) is 0. The molecule has 0 bridgehead atoms. The molecule has 7 heteroatoms. The highest BCUT2D eigenvalue weighted by Gasteiger charge is 1.62. The van der Waals surface area contributed by atoms with Gasteiger partial charge in [-0.2, -0.15) is 29.5 Å². The van der Waals surface area contributed by atoms with Gasteiger partial charge in [-0.15, -0.1) is 12.4 Å². The average Bonchev–Trinajstić information content (AvgIpc) is 1.65. The van der Waals surface area contributed by atoms with Crippen molar-refractivity contribution in [3.63, 3.8) is 0 Å². The van der Waals surface area contributed by atoms with Crippen molar-refractivity contribution in [1.82, 2.24) is 0 Å². The van der Waals surface area contributed by atoms with Gasteiger partial charge >= 0.3 is 0 Å². The van der Waals surface area contributed by atoms with Gasteiger partial charge < -0.3 is 0 Å². The molecule has 0 aromatic carbocycles. The first kappa shape index (κ1) is 16.6. The maximum absolute atomic E-state index is 8.67. The highest BCUT2D eigenvalue weighted by atomic mass is 35.5. The van der Waals surface area contributed by atoms with Gasteiger partial charge in [0, 0.05) is 0 Å². The van der Waals surface area contributed by atoms with Gasteiger partial charge in [0.25, 0.3) is 11.4 Å². The molecule has 0 spiro atoms. The first-order chi connectivity index (χ1) is 3.65. The van der Waals surface area contributed by atoms with E-state index in [4.69, 9.17) is 13.3 Å². The third kappa shape index (κ3) is 106. The molecule has 0 aromatic heterocycles. The van der Waals surface area contributed by atoms with Crippen molar-refractivity contribution in [2.75, 3.05) is 11.5 Å². The van der Waals surface area contributed by atoms with Crippen molar-refractivity contribution in [2.24, 2.45) is 0 Å². The fourth-order valence-corrected chi connectivity index (χ4v) is 0. The summed E-state index contributed by atoms with van der Waals surface area (Å²) in [6, 6.07) is 0. The predicted octanol–water partition coefficient (Wildman–Crippen LogP) is 0.949. The normalized spacial score (nSPS) is 7.22. The van der Waals surface area contributed by atoms with Gasteiger partial charge in [0.05, 0.1) is 0 Å². The van der Waals surface area contributed by atoms with Crippen molar-refractivity contribution in [3.05, 3.63) is 0 Å². The second kappa shape index (κ2) is 16.0. The lowest BCUT2D eigenvalue weighted by atomic mass is 11.0. The van der Waals surface area contributed by atoms with E-state index in [1.54, 1.807) is 0 Å². The van der Waals surface area contributed by atoms with Gasteiger partial charge in [0.1, 0.15) is 0 Å². The minimum absolute atomic E-state index is 0. The molecule has 0 atom stereocenters. The lowest BCUT2D eigenvalue weighted by Crippen LogP contribution is -1.74. The molecule has 0 saturated carbocycles. The Labute approximate surface area is 74.0 Å². The van der Waals surface area contributed by atoms with Crippen LogP contribution in [0.3, 0.4) is 0 Å². The Morgan fingerprint density at radius 1 is 1.22 bits per heavy atom. The number of rotatable bonds is 1. The molecule has 0 aliphatic heterocycles. The van der Waals surface area contributed by atoms with Crippen LogP contribution in [-0.4, -0.2) is 24.8 Å². The molecule has 2 N–H and O–H groups in total. The van der Waals surface area contributed by atoms with Crippen LogP contribution in [0.15, 0.2) is 0 Å². The Morgan fingerprint density at radius 2 is 1.33 bits per heavy atom. The largest absolute Gasteiger partial charge is 0.299 e. The highest BCUT2D eigenvalue weighted by Crippen LogP contribution is 1.73. The fraction of sp³-hybridized carbons (Fsp3) is 1.00. The van der Waals surface area contributed by atoms with E-state index in [1.165, 1.54) is 0 Å². The van der Waals surface area contributed by atoms with Crippen LogP contribution < -0.4 is 0 Å². The molecule has 0 fully saturated rings. The quantitative estimate of drug-likeness (QED) is 0.387. The molecule has 60 valence electrons. The fourth-order valence-electron chi connectivity index (χ4n) is 0. The van der Waals surface area contributed by atoms with Crippen LogP contribution >= 0.6 is 37.7 Å². The molecule has 0 rings (SSSR count). The Hall–Kier alpha value is 1.06. The van der Waals surface area contributed by atoms with Crippen molar-refractivity contribution >= 4 is 49.0 Å². The number of thiol groups is 2. The van der Waals surface area contributed by atoms with Crippen molar-refractivity contribution in [3.8, 4) is 0 Å². The van der Waals surface area contributed by atoms with Crippen LogP contribution in [0.5, 0.6) is 0 Å². The number of hydrogen-bond donors (Lipinski definition) is 4. The average molecular weight is 213 g/mol. The van der Waals surface area contributed by atoms with Crippen molar-refractivity contribution < 1.29 is 13.3 Å². The minimum Gasteiger partial charge on any atom is -0.284 e. The van der Waals surface area contributed by atoms with Gasteiger partial charge in [-0.25, -0.2) is 0 Å². The summed E-state index contributed by atoms with van der Waals surface area (Å²) in [6.07, 6.45) is 0. The summed E-state index contributed by atoms with van der Waals surface area (Å²) in [5.74, 6) is 1.76. The van der Waals surface area contributed by atoms with Gasteiger partial charge in [-0.1, -0.05) is 0 Å². The lowest BCUT2D eigenvalue weighted by Gasteiger charge is -1.67. The highest BCUT2D eigenvalue weighted by molar-refractivity contribution is 7.84. The molecular weight excluding hydrogens is 204 g/mol. The Kier molecular flexibility index (Phi) is 29.5. The summed E-state index contributed by atoms with van der Waals surface area (Å²) in [5.41, 5.74) is 0. The second-order valence-corrected chi connectivity index (χ2v) is 2.03. The van der Waals surface area contributed by atoms with E-state index >= 15 is 0 Å². The standard InChI is InChI=1S/C2H6S2.ClH.H2O3S/c3-1-2-4;;1-4(2)3/h3-4H,1-2H2;1H;(H2,1,2,3). The Morgan fingerprint density at radius 3 is 1.33 bits per heavy atom. The maximum atomic E-state index is 8.67. The van der Waals surface area contributed by atoms with Crippen LogP contribution in [0, 0.1) is 0 Å². The zero-order valence-corrected chi connectivity index (χ0v) is 7.85. The third-order valence-corrected chi connectivity index (χ3v) is 0.900. The summed E-state index contributed by atoms with van der Waals surface area (Å²) >= 11 is 5.08. The minimum atomic E-state index is -2.61. The summed E-state index contributed by atoms with van der Waals surface area (Å²) < 4.78 is 22.8. The van der Waals surface area contributed by atoms with Crippen LogP contribution in [0.25, 0.3) is 0 Å². The Balaban J connectivity index is -0.0000000720. The molecule has 9 heavy (non-hydrogen) atoms. The molecule has 0 unspecified atom stereocenters. The topological polar surface area (TPSA) is 57.5 Å². The van der Waals surface area contributed by atoms with Gasteiger partial charge in [-0.3, -0.25) is 9.11 Å². The van der Waals surface area contributed by atoms with Crippen molar-refractivity contribution in [1.29, 1.82) is 0 Å². The van der Waals surface area contributed by atoms with Gasteiger partial charge in [-0.05, 0) is 11.5 Å². The van der Waals surface area contributed by atoms with Crippen LogP contribution in [-0.2, 0) is 11.4 Å². The number of hydrogen-bond acceptors (Lipinski definition) is 3. The van der Waals surface area contributed by atoms with Gasteiger partial charge in [0.15, 0.2) is 0 Å². The molecule has 0 saturated heterocycles. The SMILES string of the molecule is Cl.O=S(O)O.SCCS. The van der Waals surface area contributed by atoms with E-state index in [9.17, 15) is 0 Å². The molecule has 0 heterocycles. The summed E-state index contributed by atoms with van der Waals surface area (Å²) in [7, 11) is 0. The molecule has 0 amide bonds. The van der Waals surface area contributed by atoms with E-state index in [0.717, 1.165) is 11.5 Å². The van der Waals surface area contributed by atoms with Crippen LogP contribution in [0.4, 0.5) is 0 Å². The maximum Gasteiger partial charge on any atom is 0.299 e. The monoisotopic (exact) mass is 212 g/mol. The summed E-state index contributed by atoms with van der Waals surface area (Å²) in [4.78, 5) is 0. The van der Waals surface area contributed by atoms with Crippen LogP contribution in [0.2, 0.25) is 0 Å². The van der Waals surface area contributed by atoms with Crippen LogP contribution in [0.1, 0.15) is 0 Å². The molecule has 0 aliphatic rings. The third-order valence-electron chi connectivity index (χ3n) is 0.1000. The van der Waals surface area contributed by atoms with E-state index in [2.05, 4.69) is 25.3 Å². The predicted molar refractivity (Wildman–Crippen MR) is 48.4 cm³/mol. The van der Waals surface area contributed by atoms with E-state index in [1.807, 2.05) is 0 Å². The molecule has 0 aliphatic carbocycles. The molecular formula is C2H9ClO3S3. The summed E-state index contributed by atoms with van der Waals surface area (Å²) in [5, 5.41) is 0. The zero-order valence-electron chi connectivity index (χ0n) is 4.43. The Bertz CT molecular complexity index is 55.0. The first-order valence-electron chi connectivity index (χ1n) is 1.66. The molecule has 0 aromatic rings. The smallest absolute Gasteiger partial charge is 0.284 e. The lowest BCUT2D eigenvalue weighted by molar-refractivity contribution is 0.454. The van der Waals surface area contributed by atoms with E-state index in [-0.39, 0.29) is 12.4 Å².